The minimum absolute atomic E-state index is 0.0543. The number of aromatic nitrogens is 4. The SMILES string of the molecule is COc1cc(C(=O)N2Cc3nnc(Cc4ccccc4)n3[C@@H](C)C2)ccn1. The Labute approximate surface area is 157 Å². The van der Waals surface area contributed by atoms with E-state index >= 15 is 0 Å². The molecule has 7 nitrogen and oxygen atoms in total. The van der Waals surface area contributed by atoms with E-state index in [0.717, 1.165) is 18.1 Å². The van der Waals surface area contributed by atoms with Crippen LogP contribution in [-0.2, 0) is 13.0 Å². The van der Waals surface area contributed by atoms with Crippen molar-refractivity contribution in [3.8, 4) is 5.88 Å². The van der Waals surface area contributed by atoms with Crippen LogP contribution in [0.2, 0.25) is 0 Å². The number of nitrogens with zero attached hydrogens (tertiary/aromatic N) is 5. The summed E-state index contributed by atoms with van der Waals surface area (Å²) < 4.78 is 7.28. The monoisotopic (exact) mass is 363 g/mol. The Morgan fingerprint density at radius 2 is 2.04 bits per heavy atom. The van der Waals surface area contributed by atoms with Gasteiger partial charge in [0.2, 0.25) is 5.88 Å². The topological polar surface area (TPSA) is 73.1 Å². The first-order valence-corrected chi connectivity index (χ1v) is 8.91. The highest BCUT2D eigenvalue weighted by molar-refractivity contribution is 5.94. The molecule has 138 valence electrons. The minimum atomic E-state index is -0.0543. The molecule has 1 amide bonds. The predicted molar refractivity (Wildman–Crippen MR) is 99.5 cm³/mol. The first kappa shape index (κ1) is 17.2. The molecule has 7 heteroatoms. The molecule has 3 aromatic rings. The van der Waals surface area contributed by atoms with Crippen LogP contribution in [-0.4, -0.2) is 44.2 Å². The molecule has 0 unspecified atom stereocenters. The molecule has 0 N–H and O–H groups in total. The number of rotatable bonds is 4. The lowest BCUT2D eigenvalue weighted by Gasteiger charge is -2.32. The van der Waals surface area contributed by atoms with Gasteiger partial charge in [-0.05, 0) is 18.6 Å². The van der Waals surface area contributed by atoms with Crippen LogP contribution in [0.4, 0.5) is 0 Å². The number of hydrogen-bond donors (Lipinski definition) is 0. The lowest BCUT2D eigenvalue weighted by atomic mass is 10.1. The van der Waals surface area contributed by atoms with Crippen molar-refractivity contribution in [3.05, 3.63) is 71.4 Å². The number of carbonyl (C=O) groups excluding carboxylic acids is 1. The number of fused-ring (bicyclic) bond motifs is 1. The van der Waals surface area contributed by atoms with Crippen molar-refractivity contribution in [2.24, 2.45) is 0 Å². The van der Waals surface area contributed by atoms with Gasteiger partial charge in [-0.1, -0.05) is 30.3 Å². The zero-order chi connectivity index (χ0) is 18.8. The van der Waals surface area contributed by atoms with Crippen molar-refractivity contribution in [3.63, 3.8) is 0 Å². The van der Waals surface area contributed by atoms with Crippen LogP contribution in [0.3, 0.4) is 0 Å². The van der Waals surface area contributed by atoms with Gasteiger partial charge in [0.05, 0.1) is 19.7 Å². The molecule has 1 aliphatic heterocycles. The fraction of sp³-hybridized carbons (Fsp3) is 0.300. The maximum Gasteiger partial charge on any atom is 0.254 e. The van der Waals surface area contributed by atoms with Crippen molar-refractivity contribution in [2.75, 3.05) is 13.7 Å². The van der Waals surface area contributed by atoms with E-state index < -0.39 is 0 Å². The third kappa shape index (κ3) is 3.40. The van der Waals surface area contributed by atoms with Crippen LogP contribution in [0, 0.1) is 0 Å². The number of ether oxygens (including phenoxy) is 1. The molecule has 0 spiro atoms. The van der Waals surface area contributed by atoms with Gasteiger partial charge >= 0.3 is 0 Å². The summed E-state index contributed by atoms with van der Waals surface area (Å²) in [5, 5.41) is 8.73. The van der Waals surface area contributed by atoms with Crippen molar-refractivity contribution >= 4 is 5.91 Å². The van der Waals surface area contributed by atoms with Gasteiger partial charge < -0.3 is 14.2 Å². The Hall–Kier alpha value is -3.22. The Morgan fingerprint density at radius 1 is 1.22 bits per heavy atom. The fourth-order valence-corrected chi connectivity index (χ4v) is 3.50. The maximum atomic E-state index is 12.9. The van der Waals surface area contributed by atoms with E-state index in [9.17, 15) is 4.79 Å². The molecule has 27 heavy (non-hydrogen) atoms. The van der Waals surface area contributed by atoms with Gasteiger partial charge in [-0.3, -0.25) is 4.79 Å². The summed E-state index contributed by atoms with van der Waals surface area (Å²) in [6, 6.07) is 13.7. The average Bonchev–Trinajstić information content (AvgIpc) is 3.11. The summed E-state index contributed by atoms with van der Waals surface area (Å²) in [6.07, 6.45) is 2.31. The highest BCUT2D eigenvalue weighted by Gasteiger charge is 2.29. The van der Waals surface area contributed by atoms with Crippen LogP contribution >= 0.6 is 0 Å². The molecule has 1 aromatic carbocycles. The summed E-state index contributed by atoms with van der Waals surface area (Å²) in [5.41, 5.74) is 1.76. The van der Waals surface area contributed by atoms with Gasteiger partial charge in [0.25, 0.3) is 5.91 Å². The van der Waals surface area contributed by atoms with Crippen LogP contribution in [0.1, 0.15) is 40.5 Å². The zero-order valence-electron chi connectivity index (χ0n) is 15.4. The summed E-state index contributed by atoms with van der Waals surface area (Å²) in [4.78, 5) is 18.8. The van der Waals surface area contributed by atoms with E-state index in [2.05, 4.69) is 38.8 Å². The van der Waals surface area contributed by atoms with E-state index in [1.165, 1.54) is 12.7 Å². The number of benzene rings is 1. The number of hydrogen-bond acceptors (Lipinski definition) is 5. The van der Waals surface area contributed by atoms with Gasteiger partial charge in [-0.15, -0.1) is 10.2 Å². The molecule has 1 atom stereocenters. The van der Waals surface area contributed by atoms with Crippen molar-refractivity contribution in [1.82, 2.24) is 24.6 Å². The Kier molecular flexibility index (Phi) is 4.58. The smallest absolute Gasteiger partial charge is 0.254 e. The molecule has 0 saturated heterocycles. The predicted octanol–water partition coefficient (Wildman–Crippen LogP) is 2.49. The standard InChI is InChI=1S/C20H21N5O2/c1-14-12-24(20(26)16-8-9-21-19(11-16)27-2)13-18-23-22-17(25(14)18)10-15-6-4-3-5-7-15/h3-9,11,14H,10,12-13H2,1-2H3/t14-/m0/s1. The maximum absolute atomic E-state index is 12.9. The largest absolute Gasteiger partial charge is 0.481 e. The molecular formula is C20H21N5O2. The zero-order valence-corrected chi connectivity index (χ0v) is 15.4. The van der Waals surface area contributed by atoms with Gasteiger partial charge in [0.1, 0.15) is 5.82 Å². The summed E-state index contributed by atoms with van der Waals surface area (Å²) in [7, 11) is 1.54. The molecule has 0 bridgehead atoms. The molecule has 0 aliphatic carbocycles. The number of methoxy groups -OCH3 is 1. The van der Waals surface area contributed by atoms with Crippen molar-refractivity contribution in [2.45, 2.75) is 25.9 Å². The molecular weight excluding hydrogens is 342 g/mol. The molecule has 0 radical (unpaired) electrons. The highest BCUT2D eigenvalue weighted by Crippen LogP contribution is 2.24. The first-order valence-electron chi connectivity index (χ1n) is 8.91. The molecule has 2 aromatic heterocycles. The van der Waals surface area contributed by atoms with Crippen LogP contribution in [0.5, 0.6) is 5.88 Å². The lowest BCUT2D eigenvalue weighted by Crippen LogP contribution is -2.40. The summed E-state index contributed by atoms with van der Waals surface area (Å²) >= 11 is 0. The third-order valence-electron chi connectivity index (χ3n) is 4.78. The second kappa shape index (κ2) is 7.19. The fourth-order valence-electron chi connectivity index (χ4n) is 3.50. The minimum Gasteiger partial charge on any atom is -0.481 e. The lowest BCUT2D eigenvalue weighted by molar-refractivity contribution is 0.0679. The molecule has 0 fully saturated rings. The summed E-state index contributed by atoms with van der Waals surface area (Å²) in [6.45, 7) is 3.14. The Morgan fingerprint density at radius 3 is 2.81 bits per heavy atom. The van der Waals surface area contributed by atoms with Gasteiger partial charge in [0.15, 0.2) is 5.82 Å². The number of carbonyl (C=O) groups is 1. The van der Waals surface area contributed by atoms with E-state index in [-0.39, 0.29) is 11.9 Å². The van der Waals surface area contributed by atoms with Crippen molar-refractivity contribution < 1.29 is 9.53 Å². The quantitative estimate of drug-likeness (QED) is 0.712. The van der Waals surface area contributed by atoms with E-state index in [1.54, 1.807) is 23.2 Å². The van der Waals surface area contributed by atoms with Gasteiger partial charge in [0, 0.05) is 30.8 Å². The van der Waals surface area contributed by atoms with Gasteiger partial charge in [-0.2, -0.15) is 0 Å². The highest BCUT2D eigenvalue weighted by atomic mass is 16.5. The van der Waals surface area contributed by atoms with E-state index in [0.29, 0.717) is 24.5 Å². The van der Waals surface area contributed by atoms with Gasteiger partial charge in [-0.25, -0.2) is 4.98 Å². The Bertz CT molecular complexity index is 954. The Balaban J connectivity index is 1.56. The van der Waals surface area contributed by atoms with Crippen molar-refractivity contribution in [1.29, 1.82) is 0 Å². The first-order chi connectivity index (χ1) is 13.2. The molecule has 3 heterocycles. The summed E-state index contributed by atoms with van der Waals surface area (Å²) in [5.74, 6) is 2.12. The van der Waals surface area contributed by atoms with Crippen LogP contribution in [0.15, 0.2) is 48.7 Å². The van der Waals surface area contributed by atoms with E-state index in [1.807, 2.05) is 18.2 Å². The second-order valence-electron chi connectivity index (χ2n) is 6.69. The third-order valence-corrected chi connectivity index (χ3v) is 4.78. The normalized spacial score (nSPS) is 16.1. The van der Waals surface area contributed by atoms with E-state index in [4.69, 9.17) is 4.74 Å². The van der Waals surface area contributed by atoms with Crippen LogP contribution in [0.25, 0.3) is 0 Å². The number of pyridine rings is 1. The second-order valence-corrected chi connectivity index (χ2v) is 6.69. The molecule has 4 rings (SSSR count). The van der Waals surface area contributed by atoms with Crippen LogP contribution < -0.4 is 4.74 Å². The molecule has 1 aliphatic rings. The molecule has 0 saturated carbocycles. The average molecular weight is 363 g/mol. The number of amides is 1.